The molecule has 2 atom stereocenters. The molecular weight excluding hydrogens is 242 g/mol. The lowest BCUT2D eigenvalue weighted by Gasteiger charge is -2.34. The standard InChI is InChI=1S/C10H15N3OS2/c11-8(14)10(12)3-1-2-7(6-10)16-9-13-4-5-15-9/h4-5,7H,1-3,6,12H2,(H2,11,14). The van der Waals surface area contributed by atoms with Crippen LogP contribution in [0.1, 0.15) is 25.7 Å². The van der Waals surface area contributed by atoms with Gasteiger partial charge in [-0.2, -0.15) is 0 Å². The molecule has 6 heteroatoms. The van der Waals surface area contributed by atoms with Crippen LogP contribution in [0.3, 0.4) is 0 Å². The summed E-state index contributed by atoms with van der Waals surface area (Å²) < 4.78 is 1.04. The summed E-state index contributed by atoms with van der Waals surface area (Å²) in [5, 5.41) is 2.31. The lowest BCUT2D eigenvalue weighted by atomic mass is 9.82. The molecule has 0 spiro atoms. The Bertz CT molecular complexity index is 368. The number of carbonyl (C=O) groups excluding carboxylic acids is 1. The summed E-state index contributed by atoms with van der Waals surface area (Å²) in [5.41, 5.74) is 10.6. The molecule has 0 aromatic carbocycles. The van der Waals surface area contributed by atoms with Crippen LogP contribution in [0.25, 0.3) is 0 Å². The lowest BCUT2D eigenvalue weighted by molar-refractivity contribution is -0.124. The largest absolute Gasteiger partial charge is 0.368 e. The Morgan fingerprint density at radius 1 is 1.69 bits per heavy atom. The van der Waals surface area contributed by atoms with E-state index in [0.29, 0.717) is 18.1 Å². The van der Waals surface area contributed by atoms with Gasteiger partial charge in [-0.15, -0.1) is 11.3 Å². The third-order valence-corrected chi connectivity index (χ3v) is 5.09. The molecule has 1 aromatic rings. The van der Waals surface area contributed by atoms with Crippen molar-refractivity contribution in [2.75, 3.05) is 0 Å². The Labute approximate surface area is 103 Å². The topological polar surface area (TPSA) is 82.0 Å². The smallest absolute Gasteiger partial charge is 0.237 e. The van der Waals surface area contributed by atoms with E-state index in [4.69, 9.17) is 11.5 Å². The van der Waals surface area contributed by atoms with Crippen LogP contribution in [0, 0.1) is 0 Å². The number of amides is 1. The van der Waals surface area contributed by atoms with Crippen molar-refractivity contribution in [2.45, 2.75) is 40.8 Å². The van der Waals surface area contributed by atoms with Gasteiger partial charge in [-0.3, -0.25) is 4.79 Å². The molecule has 1 amide bonds. The van der Waals surface area contributed by atoms with Crippen molar-refractivity contribution in [3.63, 3.8) is 0 Å². The van der Waals surface area contributed by atoms with Crippen molar-refractivity contribution in [1.82, 2.24) is 4.98 Å². The zero-order valence-electron chi connectivity index (χ0n) is 8.89. The van der Waals surface area contributed by atoms with E-state index in [9.17, 15) is 4.79 Å². The molecule has 88 valence electrons. The Hall–Kier alpha value is -0.590. The quantitative estimate of drug-likeness (QED) is 0.856. The van der Waals surface area contributed by atoms with Crippen LogP contribution in [-0.2, 0) is 4.79 Å². The van der Waals surface area contributed by atoms with Gasteiger partial charge in [0.1, 0.15) is 4.34 Å². The molecule has 1 saturated carbocycles. The van der Waals surface area contributed by atoms with E-state index in [0.717, 1.165) is 17.2 Å². The highest BCUT2D eigenvalue weighted by molar-refractivity contribution is 8.01. The molecule has 0 radical (unpaired) electrons. The number of carbonyl (C=O) groups is 1. The first-order valence-electron chi connectivity index (χ1n) is 5.25. The second-order valence-corrected chi connectivity index (χ2v) is 6.60. The molecule has 2 unspecified atom stereocenters. The minimum atomic E-state index is -0.812. The number of aromatic nitrogens is 1. The van der Waals surface area contributed by atoms with Crippen LogP contribution < -0.4 is 11.5 Å². The van der Waals surface area contributed by atoms with E-state index in [1.165, 1.54) is 0 Å². The molecule has 4 nitrogen and oxygen atoms in total. The van der Waals surface area contributed by atoms with Gasteiger partial charge in [0.15, 0.2) is 0 Å². The summed E-state index contributed by atoms with van der Waals surface area (Å²) in [6.07, 6.45) is 5.20. The maximum atomic E-state index is 11.3. The second-order valence-electron chi connectivity index (χ2n) is 4.15. The fourth-order valence-corrected chi connectivity index (χ4v) is 4.22. The average Bonchev–Trinajstić information content (AvgIpc) is 2.70. The fourth-order valence-electron chi connectivity index (χ4n) is 1.99. The average molecular weight is 257 g/mol. The monoisotopic (exact) mass is 257 g/mol. The van der Waals surface area contributed by atoms with Crippen LogP contribution in [0.5, 0.6) is 0 Å². The highest BCUT2D eigenvalue weighted by atomic mass is 32.2. The van der Waals surface area contributed by atoms with E-state index in [2.05, 4.69) is 4.98 Å². The van der Waals surface area contributed by atoms with Gasteiger partial charge in [0.05, 0.1) is 5.54 Å². The zero-order chi connectivity index (χ0) is 11.6. The molecule has 16 heavy (non-hydrogen) atoms. The van der Waals surface area contributed by atoms with E-state index in [1.807, 2.05) is 5.38 Å². The van der Waals surface area contributed by atoms with Crippen LogP contribution >= 0.6 is 23.1 Å². The van der Waals surface area contributed by atoms with Crippen LogP contribution in [-0.4, -0.2) is 21.7 Å². The van der Waals surface area contributed by atoms with Crippen LogP contribution in [0.4, 0.5) is 0 Å². The third kappa shape index (κ3) is 2.56. The van der Waals surface area contributed by atoms with Gasteiger partial charge in [0, 0.05) is 16.8 Å². The molecule has 0 aliphatic heterocycles. The second kappa shape index (κ2) is 4.73. The maximum absolute atomic E-state index is 11.3. The Morgan fingerprint density at radius 2 is 2.50 bits per heavy atom. The molecule has 1 fully saturated rings. The molecule has 1 aliphatic rings. The Balaban J connectivity index is 1.99. The van der Waals surface area contributed by atoms with E-state index in [-0.39, 0.29) is 5.91 Å². The number of thiazole rings is 1. The van der Waals surface area contributed by atoms with Crippen molar-refractivity contribution >= 4 is 29.0 Å². The van der Waals surface area contributed by atoms with Crippen molar-refractivity contribution < 1.29 is 4.79 Å². The minimum Gasteiger partial charge on any atom is -0.368 e. The van der Waals surface area contributed by atoms with E-state index in [1.54, 1.807) is 29.3 Å². The Kier molecular flexibility index (Phi) is 3.51. The summed E-state index contributed by atoms with van der Waals surface area (Å²) >= 11 is 3.33. The molecule has 4 N–H and O–H groups in total. The number of nitrogens with two attached hydrogens (primary N) is 2. The van der Waals surface area contributed by atoms with Crippen molar-refractivity contribution in [2.24, 2.45) is 11.5 Å². The third-order valence-electron chi connectivity index (χ3n) is 2.91. The minimum absolute atomic E-state index is 0.359. The summed E-state index contributed by atoms with van der Waals surface area (Å²) in [4.78, 5) is 15.5. The van der Waals surface area contributed by atoms with Gasteiger partial charge in [0.2, 0.25) is 5.91 Å². The van der Waals surface area contributed by atoms with Crippen molar-refractivity contribution in [3.8, 4) is 0 Å². The first kappa shape index (κ1) is 11.9. The summed E-state index contributed by atoms with van der Waals surface area (Å²) in [6, 6.07) is 0. The number of nitrogens with zero attached hydrogens (tertiary/aromatic N) is 1. The lowest BCUT2D eigenvalue weighted by Crippen LogP contribution is -2.55. The maximum Gasteiger partial charge on any atom is 0.237 e. The molecule has 0 bridgehead atoms. The predicted molar refractivity (Wildman–Crippen MR) is 66.3 cm³/mol. The first-order chi connectivity index (χ1) is 7.60. The summed E-state index contributed by atoms with van der Waals surface area (Å²) in [5.74, 6) is -0.378. The van der Waals surface area contributed by atoms with Crippen LogP contribution in [0.2, 0.25) is 0 Å². The highest BCUT2D eigenvalue weighted by Gasteiger charge is 2.38. The number of hydrogen-bond acceptors (Lipinski definition) is 5. The zero-order valence-corrected chi connectivity index (χ0v) is 10.5. The normalized spacial score (nSPS) is 30.2. The van der Waals surface area contributed by atoms with E-state index >= 15 is 0 Å². The first-order valence-corrected chi connectivity index (χ1v) is 7.01. The fraction of sp³-hybridized carbons (Fsp3) is 0.600. The van der Waals surface area contributed by atoms with Gasteiger partial charge in [0.25, 0.3) is 0 Å². The van der Waals surface area contributed by atoms with Crippen LogP contribution in [0.15, 0.2) is 15.9 Å². The SMILES string of the molecule is NC(=O)C1(N)CCCC(Sc2nccs2)C1. The van der Waals surface area contributed by atoms with Crippen molar-refractivity contribution in [3.05, 3.63) is 11.6 Å². The Morgan fingerprint density at radius 3 is 3.12 bits per heavy atom. The number of primary amides is 1. The molecule has 0 saturated heterocycles. The van der Waals surface area contributed by atoms with E-state index < -0.39 is 5.54 Å². The number of rotatable bonds is 3. The molecule has 1 heterocycles. The van der Waals surface area contributed by atoms with Gasteiger partial charge in [-0.1, -0.05) is 11.8 Å². The predicted octanol–water partition coefficient (Wildman–Crippen LogP) is 1.36. The van der Waals surface area contributed by atoms with Gasteiger partial charge in [-0.05, 0) is 25.7 Å². The van der Waals surface area contributed by atoms with Crippen molar-refractivity contribution in [1.29, 1.82) is 0 Å². The molecule has 1 aromatic heterocycles. The molecular formula is C10H15N3OS2. The number of thioether (sulfide) groups is 1. The molecule has 1 aliphatic carbocycles. The van der Waals surface area contributed by atoms with Gasteiger partial charge >= 0.3 is 0 Å². The highest BCUT2D eigenvalue weighted by Crippen LogP contribution is 2.37. The summed E-state index contributed by atoms with van der Waals surface area (Å²) in [6.45, 7) is 0. The van der Waals surface area contributed by atoms with Gasteiger partial charge in [-0.25, -0.2) is 4.98 Å². The molecule has 2 rings (SSSR count). The number of hydrogen-bond donors (Lipinski definition) is 2. The van der Waals surface area contributed by atoms with Gasteiger partial charge < -0.3 is 11.5 Å². The summed E-state index contributed by atoms with van der Waals surface area (Å²) in [7, 11) is 0.